The maximum absolute atomic E-state index is 11.2. The number of anilines is 1. The van der Waals surface area contributed by atoms with E-state index in [-0.39, 0.29) is 16.7 Å². The van der Waals surface area contributed by atoms with E-state index in [9.17, 15) is 10.1 Å². The Morgan fingerprint density at radius 1 is 1.03 bits per heavy atom. The first-order valence-electron chi connectivity index (χ1n) is 9.29. The van der Waals surface area contributed by atoms with Gasteiger partial charge in [0, 0.05) is 45.5 Å². The summed E-state index contributed by atoms with van der Waals surface area (Å²) < 4.78 is 5.62. The number of non-ortho nitro benzene ring substituents is 1. The van der Waals surface area contributed by atoms with Crippen LogP contribution < -0.4 is 10.1 Å². The van der Waals surface area contributed by atoms with Crippen molar-refractivity contribution in [2.45, 2.75) is 13.0 Å². The second kappa shape index (κ2) is 7.67. The molecule has 1 heterocycles. The van der Waals surface area contributed by atoms with Crippen molar-refractivity contribution in [3.05, 3.63) is 99.7 Å². The molecular formula is C23H21N3O3. The highest BCUT2D eigenvalue weighted by Gasteiger charge is 2.24. The minimum absolute atomic E-state index is 0.0458. The van der Waals surface area contributed by atoms with Crippen molar-refractivity contribution >= 4 is 22.3 Å². The van der Waals surface area contributed by atoms with E-state index in [0.717, 1.165) is 33.5 Å². The Morgan fingerprint density at radius 3 is 2.59 bits per heavy atom. The first kappa shape index (κ1) is 18.6. The number of H-pyrrole nitrogens is 1. The van der Waals surface area contributed by atoms with Crippen LogP contribution in [0, 0.1) is 17.0 Å². The summed E-state index contributed by atoms with van der Waals surface area (Å²) >= 11 is 0. The molecule has 0 saturated carbocycles. The lowest BCUT2D eigenvalue weighted by molar-refractivity contribution is -0.384. The Balaban J connectivity index is 1.89. The molecule has 0 aliphatic heterocycles. The van der Waals surface area contributed by atoms with Crippen molar-refractivity contribution in [2.75, 3.05) is 12.4 Å². The molecule has 4 rings (SSSR count). The highest BCUT2D eigenvalue weighted by molar-refractivity contribution is 5.86. The van der Waals surface area contributed by atoms with Crippen LogP contribution in [0.15, 0.2) is 72.8 Å². The molecule has 0 bridgehead atoms. The van der Waals surface area contributed by atoms with E-state index in [1.54, 1.807) is 19.2 Å². The number of aromatic amines is 1. The Kier molecular flexibility index (Phi) is 4.91. The van der Waals surface area contributed by atoms with Crippen LogP contribution in [0.1, 0.15) is 22.9 Å². The number of nitro benzene ring substituents is 1. The van der Waals surface area contributed by atoms with E-state index >= 15 is 0 Å². The normalized spacial score (nSPS) is 11.9. The van der Waals surface area contributed by atoms with Crippen molar-refractivity contribution in [1.29, 1.82) is 0 Å². The van der Waals surface area contributed by atoms with E-state index in [1.165, 1.54) is 6.07 Å². The Bertz CT molecular complexity index is 1180. The number of hydrogen-bond donors (Lipinski definition) is 2. The van der Waals surface area contributed by atoms with E-state index in [4.69, 9.17) is 4.74 Å². The average Bonchev–Trinajstić information content (AvgIpc) is 3.08. The van der Waals surface area contributed by atoms with Gasteiger partial charge in [-0.05, 0) is 25.1 Å². The van der Waals surface area contributed by atoms with E-state index in [0.29, 0.717) is 5.69 Å². The zero-order chi connectivity index (χ0) is 20.4. The minimum atomic E-state index is -0.389. The van der Waals surface area contributed by atoms with Gasteiger partial charge in [0.25, 0.3) is 5.69 Å². The maximum Gasteiger partial charge on any atom is 0.271 e. The standard InChI is InChI=1S/C23H21N3O3/c1-15-22(18-10-3-5-12-20(18)24-15)23(19-11-4-6-13-21(19)29-2)25-16-8-7-9-17(14-16)26(27)28/h3-14,23-25H,1-2H3/t23-/m0/s1. The number of benzene rings is 3. The molecule has 146 valence electrons. The number of nitrogens with zero attached hydrogens (tertiary/aromatic N) is 1. The SMILES string of the molecule is COc1ccccc1[C@H](Nc1cccc([N+](=O)[O-])c1)c1c(C)[nH]c2ccccc12. The number of methoxy groups -OCH3 is 1. The van der Waals surface area contributed by atoms with Crippen molar-refractivity contribution in [1.82, 2.24) is 4.98 Å². The predicted molar refractivity (Wildman–Crippen MR) is 115 cm³/mol. The van der Waals surface area contributed by atoms with E-state index in [1.807, 2.05) is 55.5 Å². The summed E-state index contributed by atoms with van der Waals surface area (Å²) in [6.45, 7) is 2.03. The van der Waals surface area contributed by atoms with Gasteiger partial charge in [0.15, 0.2) is 0 Å². The predicted octanol–water partition coefficient (Wildman–Crippen LogP) is 5.59. The van der Waals surface area contributed by atoms with Crippen LogP contribution in [-0.4, -0.2) is 17.0 Å². The molecule has 1 atom stereocenters. The fourth-order valence-corrected chi connectivity index (χ4v) is 3.76. The second-order valence-corrected chi connectivity index (χ2v) is 6.84. The topological polar surface area (TPSA) is 80.2 Å². The molecule has 0 aliphatic rings. The van der Waals surface area contributed by atoms with Crippen molar-refractivity contribution in [3.63, 3.8) is 0 Å². The molecule has 0 radical (unpaired) electrons. The molecular weight excluding hydrogens is 366 g/mol. The van der Waals surface area contributed by atoms with E-state index < -0.39 is 0 Å². The average molecular weight is 387 g/mol. The lowest BCUT2D eigenvalue weighted by Crippen LogP contribution is -2.14. The smallest absolute Gasteiger partial charge is 0.271 e. The summed E-state index contributed by atoms with van der Waals surface area (Å²) in [6.07, 6.45) is 0. The van der Waals surface area contributed by atoms with Crippen LogP contribution in [0.25, 0.3) is 10.9 Å². The molecule has 0 aliphatic carbocycles. The Hall–Kier alpha value is -3.80. The molecule has 0 saturated heterocycles. The summed E-state index contributed by atoms with van der Waals surface area (Å²) in [5, 5.41) is 15.8. The number of aromatic nitrogens is 1. The monoisotopic (exact) mass is 387 g/mol. The third kappa shape index (κ3) is 3.52. The van der Waals surface area contributed by atoms with Crippen LogP contribution in [0.2, 0.25) is 0 Å². The fourth-order valence-electron chi connectivity index (χ4n) is 3.76. The first-order chi connectivity index (χ1) is 14.1. The zero-order valence-corrected chi connectivity index (χ0v) is 16.2. The summed E-state index contributed by atoms with van der Waals surface area (Å²) in [4.78, 5) is 14.3. The second-order valence-electron chi connectivity index (χ2n) is 6.84. The van der Waals surface area contributed by atoms with Gasteiger partial charge >= 0.3 is 0 Å². The summed E-state index contributed by atoms with van der Waals surface area (Å²) in [5.74, 6) is 0.750. The van der Waals surface area contributed by atoms with Gasteiger partial charge in [-0.3, -0.25) is 10.1 Å². The van der Waals surface area contributed by atoms with Gasteiger partial charge < -0.3 is 15.0 Å². The number of rotatable bonds is 6. The number of nitro groups is 1. The van der Waals surface area contributed by atoms with Gasteiger partial charge in [0.05, 0.1) is 18.1 Å². The molecule has 0 unspecified atom stereocenters. The lowest BCUT2D eigenvalue weighted by Gasteiger charge is -2.23. The number of aryl methyl sites for hydroxylation is 1. The lowest BCUT2D eigenvalue weighted by atomic mass is 9.95. The fraction of sp³-hybridized carbons (Fsp3) is 0.130. The zero-order valence-electron chi connectivity index (χ0n) is 16.2. The number of fused-ring (bicyclic) bond motifs is 1. The molecule has 4 aromatic rings. The van der Waals surface area contributed by atoms with Gasteiger partial charge in [-0.1, -0.05) is 42.5 Å². The Morgan fingerprint density at radius 2 is 1.79 bits per heavy atom. The molecule has 1 aromatic heterocycles. The largest absolute Gasteiger partial charge is 0.496 e. The molecule has 2 N–H and O–H groups in total. The Labute approximate surface area is 168 Å². The van der Waals surface area contributed by atoms with Crippen LogP contribution in [0.3, 0.4) is 0 Å². The van der Waals surface area contributed by atoms with Crippen LogP contribution in [0.5, 0.6) is 5.75 Å². The number of para-hydroxylation sites is 2. The van der Waals surface area contributed by atoms with Crippen LogP contribution >= 0.6 is 0 Å². The molecule has 0 fully saturated rings. The maximum atomic E-state index is 11.2. The van der Waals surface area contributed by atoms with Gasteiger partial charge in [0.2, 0.25) is 0 Å². The molecule has 0 spiro atoms. The summed E-state index contributed by atoms with van der Waals surface area (Å²) in [6, 6.07) is 22.2. The molecule has 3 aromatic carbocycles. The van der Waals surface area contributed by atoms with Crippen LogP contribution in [0.4, 0.5) is 11.4 Å². The van der Waals surface area contributed by atoms with Crippen LogP contribution in [-0.2, 0) is 0 Å². The molecule has 6 nitrogen and oxygen atoms in total. The number of nitrogens with one attached hydrogen (secondary N) is 2. The van der Waals surface area contributed by atoms with Gasteiger partial charge in [-0.25, -0.2) is 0 Å². The van der Waals surface area contributed by atoms with Crippen molar-refractivity contribution in [2.24, 2.45) is 0 Å². The van der Waals surface area contributed by atoms with Crippen molar-refractivity contribution < 1.29 is 9.66 Å². The number of ether oxygens (including phenoxy) is 1. The van der Waals surface area contributed by atoms with Crippen molar-refractivity contribution in [3.8, 4) is 5.75 Å². The molecule has 29 heavy (non-hydrogen) atoms. The summed E-state index contributed by atoms with van der Waals surface area (Å²) in [7, 11) is 1.64. The van der Waals surface area contributed by atoms with E-state index in [2.05, 4.69) is 16.4 Å². The first-order valence-corrected chi connectivity index (χ1v) is 9.29. The molecule has 6 heteroatoms. The molecule has 0 amide bonds. The third-order valence-corrected chi connectivity index (χ3v) is 5.05. The van der Waals surface area contributed by atoms with Gasteiger partial charge in [-0.2, -0.15) is 0 Å². The van der Waals surface area contributed by atoms with Gasteiger partial charge in [-0.15, -0.1) is 0 Å². The number of hydrogen-bond acceptors (Lipinski definition) is 4. The van der Waals surface area contributed by atoms with Gasteiger partial charge in [0.1, 0.15) is 5.75 Å². The summed E-state index contributed by atoms with van der Waals surface area (Å²) in [5.41, 5.74) is 4.82. The highest BCUT2D eigenvalue weighted by atomic mass is 16.6. The quantitative estimate of drug-likeness (QED) is 0.334. The minimum Gasteiger partial charge on any atom is -0.496 e. The third-order valence-electron chi connectivity index (χ3n) is 5.05. The highest BCUT2D eigenvalue weighted by Crippen LogP contribution is 2.38.